The number of rotatable bonds is 10. The lowest BCUT2D eigenvalue weighted by molar-refractivity contribution is -0.141. The lowest BCUT2D eigenvalue weighted by Gasteiger charge is -2.31. The van der Waals surface area contributed by atoms with Crippen molar-refractivity contribution >= 4 is 57.4 Å². The minimum absolute atomic E-state index is 0.0466. The zero-order chi connectivity index (χ0) is 26.7. The van der Waals surface area contributed by atoms with Gasteiger partial charge in [-0.05, 0) is 61.9 Å². The van der Waals surface area contributed by atoms with Gasteiger partial charge in [0, 0.05) is 36.5 Å². The summed E-state index contributed by atoms with van der Waals surface area (Å²) in [7, 11) is 0. The van der Waals surface area contributed by atoms with Gasteiger partial charge in [-0.15, -0.1) is 0 Å². The van der Waals surface area contributed by atoms with Crippen LogP contribution in [-0.4, -0.2) is 41.2 Å². The zero-order valence-electron chi connectivity index (χ0n) is 21.3. The number of nitrogens with one attached hydrogen (secondary N) is 1. The molecular formula is C29H31Cl2N3O3. The van der Waals surface area contributed by atoms with Crippen molar-refractivity contribution in [2.24, 2.45) is 0 Å². The van der Waals surface area contributed by atoms with E-state index >= 15 is 0 Å². The van der Waals surface area contributed by atoms with E-state index in [-0.39, 0.29) is 36.7 Å². The quantitative estimate of drug-likeness (QED) is 0.332. The maximum atomic E-state index is 13.5. The Kier molecular flexibility index (Phi) is 8.40. The van der Waals surface area contributed by atoms with E-state index in [1.54, 1.807) is 21.9 Å². The van der Waals surface area contributed by atoms with Gasteiger partial charge in [0.25, 0.3) is 5.91 Å². The fourth-order valence-corrected chi connectivity index (χ4v) is 5.19. The minimum atomic E-state index is -0.629. The van der Waals surface area contributed by atoms with Crippen molar-refractivity contribution in [3.63, 3.8) is 0 Å². The predicted octanol–water partition coefficient (Wildman–Crippen LogP) is 6.22. The molecule has 194 valence electrons. The van der Waals surface area contributed by atoms with E-state index in [1.165, 1.54) is 0 Å². The van der Waals surface area contributed by atoms with Crippen LogP contribution in [-0.2, 0) is 16.1 Å². The molecule has 0 saturated heterocycles. The van der Waals surface area contributed by atoms with Crippen molar-refractivity contribution in [1.82, 2.24) is 10.2 Å². The van der Waals surface area contributed by atoms with Crippen LogP contribution >= 0.6 is 23.2 Å². The molecule has 0 unspecified atom stereocenters. The molecule has 3 amide bonds. The van der Waals surface area contributed by atoms with Crippen LogP contribution in [0.25, 0.3) is 10.8 Å². The van der Waals surface area contributed by atoms with Crippen LogP contribution in [0.1, 0.15) is 56.0 Å². The summed E-state index contributed by atoms with van der Waals surface area (Å²) in [5.74, 6) is -0.392. The maximum Gasteiger partial charge on any atom is 0.258 e. The van der Waals surface area contributed by atoms with Gasteiger partial charge in [-0.2, -0.15) is 0 Å². The van der Waals surface area contributed by atoms with E-state index in [0.717, 1.165) is 22.0 Å². The summed E-state index contributed by atoms with van der Waals surface area (Å²) in [5.41, 5.74) is 2.36. The van der Waals surface area contributed by atoms with Gasteiger partial charge in [-0.3, -0.25) is 14.4 Å². The van der Waals surface area contributed by atoms with Gasteiger partial charge in [0.1, 0.15) is 6.04 Å². The van der Waals surface area contributed by atoms with Crippen LogP contribution in [0.15, 0.2) is 54.6 Å². The Balaban J connectivity index is 1.50. The van der Waals surface area contributed by atoms with Gasteiger partial charge < -0.3 is 15.1 Å². The van der Waals surface area contributed by atoms with Crippen molar-refractivity contribution in [2.75, 3.05) is 11.4 Å². The Morgan fingerprint density at radius 2 is 1.76 bits per heavy atom. The molecule has 1 aliphatic rings. The summed E-state index contributed by atoms with van der Waals surface area (Å²) in [5, 5.41) is 5.74. The number of carbonyl (C=O) groups excluding carboxylic acids is 3. The molecule has 0 saturated carbocycles. The molecule has 1 aliphatic heterocycles. The van der Waals surface area contributed by atoms with Crippen LogP contribution in [0.2, 0.25) is 10.0 Å². The molecule has 1 atom stereocenters. The zero-order valence-corrected chi connectivity index (χ0v) is 22.8. The molecule has 0 fully saturated rings. The van der Waals surface area contributed by atoms with E-state index in [9.17, 15) is 14.4 Å². The SMILES string of the molecule is CC[C@H](C(=O)NC(C)C)N(Cc1ccc(Cl)c(Cl)c1)C(=O)CCCN1C(=O)c2cccc3cccc1c23. The maximum absolute atomic E-state index is 13.5. The van der Waals surface area contributed by atoms with Gasteiger partial charge in [0.2, 0.25) is 11.8 Å². The summed E-state index contributed by atoms with van der Waals surface area (Å²) < 4.78 is 0. The fourth-order valence-electron chi connectivity index (χ4n) is 4.87. The monoisotopic (exact) mass is 539 g/mol. The van der Waals surface area contributed by atoms with Gasteiger partial charge >= 0.3 is 0 Å². The third-order valence-electron chi connectivity index (χ3n) is 6.58. The normalized spacial score (nSPS) is 13.4. The number of benzene rings is 3. The first-order chi connectivity index (χ1) is 17.7. The molecular weight excluding hydrogens is 509 g/mol. The molecule has 3 aromatic rings. The predicted molar refractivity (Wildman–Crippen MR) is 149 cm³/mol. The topological polar surface area (TPSA) is 69.7 Å². The standard InChI is InChI=1S/C29H31Cl2N3O3/c1-4-24(28(36)32-18(2)3)34(17-19-13-14-22(30)23(31)16-19)26(35)12-7-15-33-25-11-6-9-20-8-5-10-21(27(20)25)29(33)37/h5-6,8-11,13-14,16,18,24H,4,7,12,15,17H2,1-3H3,(H,32,36)/t24-/m1/s1. The first-order valence-corrected chi connectivity index (χ1v) is 13.3. The summed E-state index contributed by atoms with van der Waals surface area (Å²) in [6.45, 7) is 6.31. The Hall–Kier alpha value is -3.09. The smallest absolute Gasteiger partial charge is 0.258 e. The largest absolute Gasteiger partial charge is 0.352 e. The van der Waals surface area contributed by atoms with Gasteiger partial charge in [-0.25, -0.2) is 0 Å². The van der Waals surface area contributed by atoms with Gasteiger partial charge in [0.05, 0.1) is 15.7 Å². The molecule has 3 aromatic carbocycles. The lowest BCUT2D eigenvalue weighted by Crippen LogP contribution is -2.50. The van der Waals surface area contributed by atoms with Crippen LogP contribution in [0, 0.1) is 0 Å². The van der Waals surface area contributed by atoms with Crippen LogP contribution in [0.4, 0.5) is 5.69 Å². The average molecular weight is 540 g/mol. The second-order valence-electron chi connectivity index (χ2n) is 9.60. The highest BCUT2D eigenvalue weighted by molar-refractivity contribution is 6.42. The second-order valence-corrected chi connectivity index (χ2v) is 10.4. The number of amides is 3. The second kappa shape index (κ2) is 11.5. The van der Waals surface area contributed by atoms with E-state index in [1.807, 2.05) is 63.2 Å². The van der Waals surface area contributed by atoms with Crippen molar-refractivity contribution in [3.05, 3.63) is 75.8 Å². The summed E-state index contributed by atoms with van der Waals surface area (Å²) >= 11 is 12.3. The molecule has 0 aliphatic carbocycles. The van der Waals surface area contributed by atoms with Crippen molar-refractivity contribution in [3.8, 4) is 0 Å². The molecule has 6 nitrogen and oxygen atoms in total. The first-order valence-electron chi connectivity index (χ1n) is 12.6. The van der Waals surface area contributed by atoms with Gasteiger partial charge in [-0.1, -0.05) is 60.5 Å². The molecule has 1 N–H and O–H groups in total. The van der Waals surface area contributed by atoms with Crippen LogP contribution < -0.4 is 10.2 Å². The molecule has 1 heterocycles. The Bertz CT molecular complexity index is 1340. The Morgan fingerprint density at radius 3 is 2.43 bits per heavy atom. The van der Waals surface area contributed by atoms with E-state index < -0.39 is 6.04 Å². The Labute approximate surface area is 227 Å². The molecule has 8 heteroatoms. The van der Waals surface area contributed by atoms with E-state index in [4.69, 9.17) is 23.2 Å². The number of carbonyl (C=O) groups is 3. The number of hydrogen-bond acceptors (Lipinski definition) is 3. The van der Waals surface area contributed by atoms with Crippen LogP contribution in [0.5, 0.6) is 0 Å². The summed E-state index contributed by atoms with van der Waals surface area (Å²) in [6.07, 6.45) is 1.13. The molecule has 0 aromatic heterocycles. The number of anilines is 1. The van der Waals surface area contributed by atoms with Crippen molar-refractivity contribution in [2.45, 2.75) is 58.7 Å². The van der Waals surface area contributed by atoms with E-state index in [0.29, 0.717) is 35.0 Å². The number of hydrogen-bond donors (Lipinski definition) is 1. The molecule has 37 heavy (non-hydrogen) atoms. The average Bonchev–Trinajstić information content (AvgIpc) is 3.13. The highest BCUT2D eigenvalue weighted by Gasteiger charge is 2.31. The minimum Gasteiger partial charge on any atom is -0.352 e. The summed E-state index contributed by atoms with van der Waals surface area (Å²) in [4.78, 5) is 43.0. The highest BCUT2D eigenvalue weighted by atomic mass is 35.5. The highest BCUT2D eigenvalue weighted by Crippen LogP contribution is 2.37. The molecule has 0 bridgehead atoms. The third-order valence-corrected chi connectivity index (χ3v) is 7.31. The fraction of sp³-hybridized carbons (Fsp3) is 0.345. The number of nitrogens with zero attached hydrogens (tertiary/aromatic N) is 2. The summed E-state index contributed by atoms with van der Waals surface area (Å²) in [6, 6.07) is 16.2. The van der Waals surface area contributed by atoms with E-state index in [2.05, 4.69) is 5.32 Å². The Morgan fingerprint density at radius 1 is 1.03 bits per heavy atom. The molecule has 0 spiro atoms. The lowest BCUT2D eigenvalue weighted by atomic mass is 10.1. The third kappa shape index (κ3) is 5.76. The number of halogens is 2. The molecule has 4 rings (SSSR count). The van der Waals surface area contributed by atoms with Crippen LogP contribution in [0.3, 0.4) is 0 Å². The first kappa shape index (κ1) is 27.0. The van der Waals surface area contributed by atoms with Crippen molar-refractivity contribution < 1.29 is 14.4 Å². The van der Waals surface area contributed by atoms with Crippen molar-refractivity contribution in [1.29, 1.82) is 0 Å². The molecule has 0 radical (unpaired) electrons. The van der Waals surface area contributed by atoms with Gasteiger partial charge in [0.15, 0.2) is 0 Å².